The number of amides is 1. The molecule has 1 aromatic carbocycles. The fraction of sp³-hybridized carbons (Fsp3) is 0.571. The van der Waals surface area contributed by atoms with Gasteiger partial charge >= 0.3 is 0 Å². The molecule has 9 nitrogen and oxygen atoms in total. The second kappa shape index (κ2) is 9.59. The zero-order valence-corrected chi connectivity index (χ0v) is 21.9. The third kappa shape index (κ3) is 4.43. The van der Waals surface area contributed by atoms with E-state index < -0.39 is 5.91 Å². The van der Waals surface area contributed by atoms with Gasteiger partial charge < -0.3 is 20.3 Å². The fourth-order valence-corrected chi connectivity index (χ4v) is 5.94. The molecular formula is C28H37N7O2. The highest BCUT2D eigenvalue weighted by atomic mass is 16.5. The number of hydrogen-bond donors (Lipinski definition) is 1. The minimum absolute atomic E-state index is 0.138. The summed E-state index contributed by atoms with van der Waals surface area (Å²) in [4.78, 5) is 26.5. The summed E-state index contributed by atoms with van der Waals surface area (Å²) >= 11 is 0. The molecule has 0 bridgehead atoms. The number of fused-ring (bicyclic) bond motifs is 2. The van der Waals surface area contributed by atoms with E-state index in [9.17, 15) is 4.79 Å². The van der Waals surface area contributed by atoms with Crippen LogP contribution in [0.3, 0.4) is 0 Å². The Labute approximate surface area is 218 Å². The summed E-state index contributed by atoms with van der Waals surface area (Å²) in [6, 6.07) is 5.70. The number of hydrogen-bond acceptors (Lipinski definition) is 7. The molecule has 0 aliphatic carbocycles. The van der Waals surface area contributed by atoms with Crippen molar-refractivity contribution in [2.24, 2.45) is 11.1 Å². The fourth-order valence-electron chi connectivity index (χ4n) is 5.94. The van der Waals surface area contributed by atoms with E-state index in [0.717, 1.165) is 105 Å². The number of benzene rings is 1. The van der Waals surface area contributed by atoms with Gasteiger partial charge in [0.1, 0.15) is 5.82 Å². The third-order valence-electron chi connectivity index (χ3n) is 8.69. The number of carbonyl (C=O) groups is 1. The maximum absolute atomic E-state index is 11.8. The number of piperidine rings is 1. The van der Waals surface area contributed by atoms with Crippen molar-refractivity contribution in [2.75, 3.05) is 36.0 Å². The quantitative estimate of drug-likeness (QED) is 0.537. The Morgan fingerprint density at radius 3 is 2.76 bits per heavy atom. The Kier molecular flexibility index (Phi) is 6.26. The van der Waals surface area contributed by atoms with Crippen LogP contribution in [0.15, 0.2) is 24.4 Å². The van der Waals surface area contributed by atoms with Gasteiger partial charge in [-0.05, 0) is 74.1 Å². The van der Waals surface area contributed by atoms with Crippen LogP contribution in [0.25, 0.3) is 11.2 Å². The summed E-state index contributed by atoms with van der Waals surface area (Å²) in [7, 11) is 0. The maximum atomic E-state index is 11.8. The molecule has 9 heteroatoms. The molecule has 1 unspecified atom stereocenters. The summed E-state index contributed by atoms with van der Waals surface area (Å²) in [5.41, 5.74) is 10.2. The standard InChI is InChI=1S/C28H37N7O2/c1-3-28(2)11-14-33(15-12-28)22-18-30-24-26(31-22)35(23-8-4-5-16-37-23)32-27(24)34-13-6-7-19-17-20(25(29)36)9-10-21(19)34/h9-10,17-18,23H,3-8,11-16H2,1-2H3,(H2,29,36). The van der Waals surface area contributed by atoms with E-state index in [1.54, 1.807) is 6.07 Å². The van der Waals surface area contributed by atoms with Crippen LogP contribution in [-0.4, -0.2) is 51.9 Å². The lowest BCUT2D eigenvalue weighted by Crippen LogP contribution is -2.39. The number of primary amides is 1. The van der Waals surface area contributed by atoms with E-state index in [1.165, 1.54) is 6.42 Å². The van der Waals surface area contributed by atoms with E-state index in [-0.39, 0.29) is 6.23 Å². The molecule has 2 saturated heterocycles. The number of rotatable bonds is 5. The van der Waals surface area contributed by atoms with Crippen LogP contribution in [0.4, 0.5) is 17.3 Å². The lowest BCUT2D eigenvalue weighted by Gasteiger charge is -2.39. The summed E-state index contributed by atoms with van der Waals surface area (Å²) < 4.78 is 8.13. The largest absolute Gasteiger partial charge is 0.366 e. The Morgan fingerprint density at radius 1 is 1.19 bits per heavy atom. The van der Waals surface area contributed by atoms with Crippen molar-refractivity contribution in [1.29, 1.82) is 0 Å². The molecule has 0 saturated carbocycles. The van der Waals surface area contributed by atoms with Gasteiger partial charge in [0.05, 0.1) is 6.20 Å². The molecule has 5 heterocycles. The summed E-state index contributed by atoms with van der Waals surface area (Å²) in [5.74, 6) is 1.31. The predicted molar refractivity (Wildman–Crippen MR) is 144 cm³/mol. The molecule has 37 heavy (non-hydrogen) atoms. The number of anilines is 3. The number of nitrogens with two attached hydrogens (primary N) is 1. The maximum Gasteiger partial charge on any atom is 0.248 e. The van der Waals surface area contributed by atoms with Crippen molar-refractivity contribution < 1.29 is 9.53 Å². The topological polar surface area (TPSA) is 102 Å². The molecule has 196 valence electrons. The van der Waals surface area contributed by atoms with Gasteiger partial charge in [-0.3, -0.25) is 4.79 Å². The molecule has 3 aliphatic rings. The van der Waals surface area contributed by atoms with Crippen molar-refractivity contribution in [2.45, 2.75) is 71.4 Å². The highest BCUT2D eigenvalue weighted by Crippen LogP contribution is 2.39. The first-order chi connectivity index (χ1) is 18.0. The zero-order valence-electron chi connectivity index (χ0n) is 21.9. The van der Waals surface area contributed by atoms with Gasteiger partial charge in [-0.2, -0.15) is 0 Å². The van der Waals surface area contributed by atoms with Crippen molar-refractivity contribution in [3.63, 3.8) is 0 Å². The second-order valence-corrected chi connectivity index (χ2v) is 11.1. The predicted octanol–water partition coefficient (Wildman–Crippen LogP) is 4.73. The molecule has 0 spiro atoms. The minimum atomic E-state index is -0.403. The van der Waals surface area contributed by atoms with Crippen molar-refractivity contribution >= 4 is 34.4 Å². The average Bonchev–Trinajstić information content (AvgIpc) is 3.32. The van der Waals surface area contributed by atoms with Crippen LogP contribution in [0, 0.1) is 5.41 Å². The van der Waals surface area contributed by atoms with Crippen LogP contribution in [0.5, 0.6) is 0 Å². The van der Waals surface area contributed by atoms with Crippen LogP contribution in [-0.2, 0) is 11.2 Å². The Morgan fingerprint density at radius 2 is 2.03 bits per heavy atom. The van der Waals surface area contributed by atoms with Gasteiger partial charge in [0, 0.05) is 37.5 Å². The van der Waals surface area contributed by atoms with E-state index in [4.69, 9.17) is 25.5 Å². The molecule has 2 fully saturated rings. The molecule has 3 aliphatic heterocycles. The Bertz CT molecular complexity index is 1310. The number of carbonyl (C=O) groups excluding carboxylic acids is 1. The van der Waals surface area contributed by atoms with Crippen molar-refractivity contribution in [1.82, 2.24) is 19.7 Å². The van der Waals surface area contributed by atoms with Gasteiger partial charge in [0.2, 0.25) is 5.91 Å². The molecular weight excluding hydrogens is 466 g/mol. The SMILES string of the molecule is CCC1(C)CCN(c2cnc3c(N4CCCc5cc(C(N)=O)ccc54)nn(C4CCCCO4)c3n2)CC1. The number of aromatic nitrogens is 4. The molecule has 2 aromatic heterocycles. The van der Waals surface area contributed by atoms with E-state index in [1.807, 2.05) is 23.0 Å². The first-order valence-electron chi connectivity index (χ1n) is 13.8. The minimum Gasteiger partial charge on any atom is -0.366 e. The van der Waals surface area contributed by atoms with Crippen molar-refractivity contribution in [3.05, 3.63) is 35.5 Å². The van der Waals surface area contributed by atoms with Crippen LogP contribution in [0.2, 0.25) is 0 Å². The molecule has 1 amide bonds. The van der Waals surface area contributed by atoms with Gasteiger partial charge in [0.15, 0.2) is 23.2 Å². The summed E-state index contributed by atoms with van der Waals surface area (Å²) in [6.45, 7) is 8.23. The summed E-state index contributed by atoms with van der Waals surface area (Å²) in [6.07, 6.45) is 10.3. The van der Waals surface area contributed by atoms with E-state index in [0.29, 0.717) is 11.0 Å². The molecule has 6 rings (SSSR count). The normalized spacial score (nSPS) is 21.7. The number of aryl methyl sites for hydroxylation is 1. The molecule has 3 aromatic rings. The van der Waals surface area contributed by atoms with Gasteiger partial charge in [0.25, 0.3) is 0 Å². The first kappa shape index (κ1) is 24.2. The first-order valence-corrected chi connectivity index (χ1v) is 13.8. The third-order valence-corrected chi connectivity index (χ3v) is 8.69. The van der Waals surface area contributed by atoms with Crippen LogP contribution in [0.1, 0.15) is 80.9 Å². The van der Waals surface area contributed by atoms with E-state index in [2.05, 4.69) is 23.6 Å². The smallest absolute Gasteiger partial charge is 0.248 e. The lowest BCUT2D eigenvalue weighted by molar-refractivity contribution is -0.0368. The van der Waals surface area contributed by atoms with Crippen molar-refractivity contribution in [3.8, 4) is 0 Å². The highest BCUT2D eigenvalue weighted by Gasteiger charge is 2.31. The average molecular weight is 504 g/mol. The molecule has 1 atom stereocenters. The Balaban J connectivity index is 1.41. The van der Waals surface area contributed by atoms with Gasteiger partial charge in [-0.1, -0.05) is 20.3 Å². The Hall–Kier alpha value is -3.20. The van der Waals surface area contributed by atoms with Gasteiger partial charge in [-0.25, -0.2) is 14.6 Å². The van der Waals surface area contributed by atoms with Crippen LogP contribution >= 0.6 is 0 Å². The summed E-state index contributed by atoms with van der Waals surface area (Å²) in [5, 5.41) is 5.10. The van der Waals surface area contributed by atoms with Crippen LogP contribution < -0.4 is 15.5 Å². The number of ether oxygens (including phenoxy) is 1. The monoisotopic (exact) mass is 503 g/mol. The molecule has 2 N–H and O–H groups in total. The van der Waals surface area contributed by atoms with E-state index >= 15 is 0 Å². The zero-order chi connectivity index (χ0) is 25.6. The highest BCUT2D eigenvalue weighted by molar-refractivity contribution is 5.94. The lowest BCUT2D eigenvalue weighted by atomic mass is 9.78. The van der Waals surface area contributed by atoms with Gasteiger partial charge in [-0.15, -0.1) is 5.10 Å². The molecule has 0 radical (unpaired) electrons. The number of nitrogens with zero attached hydrogens (tertiary/aromatic N) is 6. The second-order valence-electron chi connectivity index (χ2n) is 11.1.